The minimum Gasteiger partial charge on any atom is -0.336 e. The number of aryl methyl sites for hydroxylation is 3. The van der Waals surface area contributed by atoms with Crippen LogP contribution in [0.2, 0.25) is 5.02 Å². The van der Waals surface area contributed by atoms with Crippen molar-refractivity contribution >= 4 is 45.6 Å². The fraction of sp³-hybridized carbons (Fsp3) is 0.160. The van der Waals surface area contributed by atoms with Crippen molar-refractivity contribution in [2.24, 2.45) is 14.1 Å². The molecule has 1 atom stereocenters. The molecule has 0 aliphatic heterocycles. The van der Waals surface area contributed by atoms with E-state index >= 15 is 0 Å². The molecule has 33 heavy (non-hydrogen) atoms. The molecule has 1 unspecified atom stereocenters. The lowest BCUT2D eigenvalue weighted by Gasteiger charge is -2.28. The van der Waals surface area contributed by atoms with Crippen molar-refractivity contribution in [2.45, 2.75) is 11.8 Å². The minimum atomic E-state index is -1.11. The van der Waals surface area contributed by atoms with Crippen molar-refractivity contribution in [1.82, 2.24) is 19.1 Å². The van der Waals surface area contributed by atoms with E-state index in [1.54, 1.807) is 41.5 Å². The lowest BCUT2D eigenvalue weighted by atomic mass is 9.90. The molecular formula is C25H20Cl2N4OS. The van der Waals surface area contributed by atoms with E-state index in [0.717, 1.165) is 38.3 Å². The van der Waals surface area contributed by atoms with Crippen LogP contribution in [0, 0.1) is 6.92 Å². The molecule has 0 radical (unpaired) electrons. The first-order chi connectivity index (χ1) is 15.8. The summed E-state index contributed by atoms with van der Waals surface area (Å²) in [7, 11) is 3.66. The van der Waals surface area contributed by atoms with Crippen LogP contribution < -0.4 is 5.56 Å². The highest BCUT2D eigenvalue weighted by Crippen LogP contribution is 2.43. The predicted molar refractivity (Wildman–Crippen MR) is 135 cm³/mol. The predicted octanol–water partition coefficient (Wildman–Crippen LogP) is 5.89. The first-order valence-corrected chi connectivity index (χ1v) is 11.9. The summed E-state index contributed by atoms with van der Waals surface area (Å²) in [5.74, 6) is 0. The number of thiophene rings is 1. The number of aromatic nitrogens is 4. The topological polar surface area (TPSA) is 52.7 Å². The Morgan fingerprint density at radius 1 is 1.06 bits per heavy atom. The van der Waals surface area contributed by atoms with E-state index in [1.807, 2.05) is 54.9 Å². The van der Waals surface area contributed by atoms with E-state index in [-0.39, 0.29) is 5.56 Å². The Bertz CT molecular complexity index is 1550. The van der Waals surface area contributed by atoms with Gasteiger partial charge in [0.2, 0.25) is 0 Å². The molecule has 1 aromatic carbocycles. The number of fused-ring (bicyclic) bond motifs is 1. The van der Waals surface area contributed by atoms with Gasteiger partial charge in [0.1, 0.15) is 0 Å². The Hall–Kier alpha value is -2.93. The van der Waals surface area contributed by atoms with Gasteiger partial charge in [-0.2, -0.15) is 0 Å². The van der Waals surface area contributed by atoms with Crippen molar-refractivity contribution in [1.29, 1.82) is 0 Å². The second-order valence-electron chi connectivity index (χ2n) is 8.06. The van der Waals surface area contributed by atoms with Gasteiger partial charge >= 0.3 is 0 Å². The van der Waals surface area contributed by atoms with Gasteiger partial charge in [-0.05, 0) is 53.8 Å². The van der Waals surface area contributed by atoms with Crippen LogP contribution in [0.5, 0.6) is 0 Å². The number of pyridine rings is 2. The maximum atomic E-state index is 12.7. The highest BCUT2D eigenvalue weighted by atomic mass is 35.5. The molecule has 0 N–H and O–H groups in total. The summed E-state index contributed by atoms with van der Waals surface area (Å²) < 4.78 is 3.50. The van der Waals surface area contributed by atoms with Crippen LogP contribution in [-0.2, 0) is 19.0 Å². The van der Waals surface area contributed by atoms with Gasteiger partial charge in [0.05, 0.1) is 34.9 Å². The molecule has 166 valence electrons. The third kappa shape index (κ3) is 3.59. The number of alkyl halides is 1. The molecule has 4 aromatic heterocycles. The highest BCUT2D eigenvalue weighted by Gasteiger charge is 2.38. The molecule has 0 saturated heterocycles. The monoisotopic (exact) mass is 494 g/mol. The van der Waals surface area contributed by atoms with Gasteiger partial charge in [-0.3, -0.25) is 4.79 Å². The van der Waals surface area contributed by atoms with Crippen LogP contribution in [0.1, 0.15) is 22.5 Å². The molecule has 0 saturated carbocycles. The molecule has 0 fully saturated rings. The Morgan fingerprint density at radius 2 is 1.82 bits per heavy atom. The van der Waals surface area contributed by atoms with Crippen LogP contribution >= 0.6 is 34.5 Å². The Balaban J connectivity index is 1.83. The summed E-state index contributed by atoms with van der Waals surface area (Å²) in [5, 5.41) is 2.69. The van der Waals surface area contributed by atoms with E-state index in [1.165, 1.54) is 0 Å². The van der Waals surface area contributed by atoms with Crippen LogP contribution in [0.15, 0.2) is 71.2 Å². The zero-order valence-corrected chi connectivity index (χ0v) is 20.5. The van der Waals surface area contributed by atoms with E-state index in [2.05, 4.69) is 16.4 Å². The van der Waals surface area contributed by atoms with Crippen LogP contribution in [0.4, 0.5) is 0 Å². The SMILES string of the molecule is Cc1csc(-c2cc(=O)n(C)c3ccc(C(Cl)(c4ccc(Cl)cc4)c4cncn4C)nc23)c1. The lowest BCUT2D eigenvalue weighted by molar-refractivity contribution is 0.729. The maximum Gasteiger partial charge on any atom is 0.251 e. The smallest absolute Gasteiger partial charge is 0.251 e. The van der Waals surface area contributed by atoms with Crippen molar-refractivity contribution in [3.63, 3.8) is 0 Å². The second-order valence-corrected chi connectivity index (χ2v) is 9.98. The molecule has 5 rings (SSSR count). The zero-order chi connectivity index (χ0) is 23.3. The fourth-order valence-corrected chi connectivity index (χ4v) is 5.53. The molecule has 0 spiro atoms. The summed E-state index contributed by atoms with van der Waals surface area (Å²) in [5.41, 5.74) is 5.55. The standard InChI is InChI=1S/C25H20Cl2N4OS/c1-15-10-20(33-13-15)18-11-23(32)31(3)19-8-9-21(29-24(18)19)25(27,22-12-28-14-30(22)2)16-4-6-17(26)7-5-16/h4-14H,1-3H3. The summed E-state index contributed by atoms with van der Waals surface area (Å²) in [6, 6.07) is 14.9. The van der Waals surface area contributed by atoms with Crippen molar-refractivity contribution in [3.8, 4) is 10.4 Å². The van der Waals surface area contributed by atoms with Crippen LogP contribution in [0.25, 0.3) is 21.5 Å². The van der Waals surface area contributed by atoms with Gasteiger partial charge in [0, 0.05) is 35.6 Å². The number of hydrogen-bond donors (Lipinski definition) is 0. The normalized spacial score (nSPS) is 13.4. The molecule has 0 aliphatic carbocycles. The first-order valence-electron chi connectivity index (χ1n) is 10.3. The number of hydrogen-bond acceptors (Lipinski definition) is 4. The van der Waals surface area contributed by atoms with Gasteiger partial charge in [-0.1, -0.05) is 23.7 Å². The molecule has 0 aliphatic rings. The number of nitrogens with zero attached hydrogens (tertiary/aromatic N) is 4. The average molecular weight is 495 g/mol. The minimum absolute atomic E-state index is 0.0837. The third-order valence-corrected chi connectivity index (χ3v) is 7.79. The molecule has 5 nitrogen and oxygen atoms in total. The van der Waals surface area contributed by atoms with Gasteiger partial charge in [0.25, 0.3) is 5.56 Å². The number of rotatable bonds is 4. The molecular weight excluding hydrogens is 475 g/mol. The van der Waals surface area contributed by atoms with Crippen molar-refractivity contribution in [2.75, 3.05) is 0 Å². The Kier molecular flexibility index (Phi) is 5.40. The molecule has 0 amide bonds. The quantitative estimate of drug-likeness (QED) is 0.292. The Morgan fingerprint density at radius 3 is 2.45 bits per heavy atom. The number of halogens is 2. The summed E-state index contributed by atoms with van der Waals surface area (Å²) in [6.07, 6.45) is 3.46. The highest BCUT2D eigenvalue weighted by molar-refractivity contribution is 7.13. The summed E-state index contributed by atoms with van der Waals surface area (Å²) in [4.78, 5) is 21.9. The molecule has 8 heteroatoms. The Labute approximate surface area is 204 Å². The average Bonchev–Trinajstić information content (AvgIpc) is 3.44. The molecule has 4 heterocycles. The summed E-state index contributed by atoms with van der Waals surface area (Å²) in [6.45, 7) is 2.04. The molecule has 0 bridgehead atoms. The van der Waals surface area contributed by atoms with E-state index in [9.17, 15) is 4.79 Å². The number of imidazole rings is 1. The van der Waals surface area contributed by atoms with E-state index in [4.69, 9.17) is 28.2 Å². The summed E-state index contributed by atoms with van der Waals surface area (Å²) >= 11 is 15.2. The van der Waals surface area contributed by atoms with Crippen molar-refractivity contribution in [3.05, 3.63) is 104 Å². The van der Waals surface area contributed by atoms with Gasteiger partial charge < -0.3 is 9.13 Å². The van der Waals surface area contributed by atoms with E-state index in [0.29, 0.717) is 10.7 Å². The van der Waals surface area contributed by atoms with Gasteiger partial charge in [-0.25, -0.2) is 9.97 Å². The second kappa shape index (κ2) is 8.13. The fourth-order valence-electron chi connectivity index (χ4n) is 4.08. The maximum absolute atomic E-state index is 12.7. The first kappa shape index (κ1) is 21.9. The van der Waals surface area contributed by atoms with Crippen LogP contribution in [-0.4, -0.2) is 19.1 Å². The van der Waals surface area contributed by atoms with Crippen LogP contribution in [0.3, 0.4) is 0 Å². The third-order valence-electron chi connectivity index (χ3n) is 5.85. The lowest BCUT2D eigenvalue weighted by Crippen LogP contribution is -2.27. The van der Waals surface area contributed by atoms with Gasteiger partial charge in [0.15, 0.2) is 4.87 Å². The molecule has 5 aromatic rings. The van der Waals surface area contributed by atoms with Crippen molar-refractivity contribution < 1.29 is 0 Å². The zero-order valence-electron chi connectivity index (χ0n) is 18.2. The van der Waals surface area contributed by atoms with Gasteiger partial charge in [-0.15, -0.1) is 22.9 Å². The number of benzene rings is 1. The largest absolute Gasteiger partial charge is 0.336 e. The van der Waals surface area contributed by atoms with E-state index < -0.39 is 4.87 Å².